The number of rotatable bonds is 4. The molecule has 0 fully saturated rings. The first-order valence-corrected chi connectivity index (χ1v) is 8.36. The lowest BCUT2D eigenvalue weighted by molar-refractivity contribution is 0.0946. The van der Waals surface area contributed by atoms with Gasteiger partial charge in [0, 0.05) is 39.6 Å². The normalized spacial score (nSPS) is 11.7. The van der Waals surface area contributed by atoms with Crippen LogP contribution in [0.1, 0.15) is 35.3 Å². The Morgan fingerprint density at radius 1 is 1.17 bits per heavy atom. The van der Waals surface area contributed by atoms with Crippen LogP contribution in [0.5, 0.6) is 0 Å². The molecule has 1 amide bonds. The van der Waals surface area contributed by atoms with E-state index in [2.05, 4.69) is 24.1 Å². The number of carbonyl (C=O) groups excluding carboxylic acids is 1. The molecule has 1 aromatic heterocycles. The quantitative estimate of drug-likeness (QED) is 0.701. The van der Waals surface area contributed by atoms with E-state index in [0.29, 0.717) is 17.1 Å². The Morgan fingerprint density at radius 2 is 1.88 bits per heavy atom. The first-order valence-electron chi connectivity index (χ1n) is 7.99. The Morgan fingerprint density at radius 3 is 2.58 bits per heavy atom. The van der Waals surface area contributed by atoms with Gasteiger partial charge in [-0.2, -0.15) is 0 Å². The van der Waals surface area contributed by atoms with Gasteiger partial charge in [0.2, 0.25) is 0 Å². The monoisotopic (exact) mass is 340 g/mol. The van der Waals surface area contributed by atoms with Gasteiger partial charge in [-0.1, -0.05) is 43.1 Å². The molecule has 3 rings (SSSR count). The lowest BCUT2D eigenvalue weighted by Gasteiger charge is -2.25. The van der Waals surface area contributed by atoms with Crippen molar-refractivity contribution in [1.29, 1.82) is 0 Å². The predicted octanol–water partition coefficient (Wildman–Crippen LogP) is 4.84. The molecule has 1 heterocycles. The molecule has 4 heteroatoms. The SMILES string of the molecule is Cc1ccc(C(=O)NCC(C)(C)c2c[nH]c3ccc(Cl)cc23)cc1. The van der Waals surface area contributed by atoms with Crippen molar-refractivity contribution >= 4 is 28.4 Å². The minimum absolute atomic E-state index is 0.0547. The van der Waals surface area contributed by atoms with Gasteiger partial charge in [0.1, 0.15) is 0 Å². The zero-order chi connectivity index (χ0) is 17.3. The fourth-order valence-corrected chi connectivity index (χ4v) is 3.03. The average molecular weight is 341 g/mol. The van der Waals surface area contributed by atoms with Gasteiger partial charge in [-0.25, -0.2) is 0 Å². The standard InChI is InChI=1S/C20H21ClN2O/c1-13-4-6-14(7-5-13)19(24)23-12-20(2,3)17-11-22-18-9-8-15(21)10-16(17)18/h4-11,22H,12H2,1-3H3,(H,23,24). The first kappa shape index (κ1) is 16.6. The van der Waals surface area contributed by atoms with E-state index in [-0.39, 0.29) is 11.3 Å². The summed E-state index contributed by atoms with van der Waals surface area (Å²) in [6.07, 6.45) is 2.00. The van der Waals surface area contributed by atoms with Gasteiger partial charge in [-0.3, -0.25) is 4.79 Å². The third-order valence-electron chi connectivity index (χ3n) is 4.38. The van der Waals surface area contributed by atoms with E-state index in [1.165, 1.54) is 0 Å². The van der Waals surface area contributed by atoms with Crippen LogP contribution < -0.4 is 5.32 Å². The van der Waals surface area contributed by atoms with E-state index < -0.39 is 0 Å². The lowest BCUT2D eigenvalue weighted by atomic mass is 9.84. The van der Waals surface area contributed by atoms with Crippen LogP contribution in [0, 0.1) is 6.92 Å². The smallest absolute Gasteiger partial charge is 0.251 e. The molecular weight excluding hydrogens is 320 g/mol. The van der Waals surface area contributed by atoms with Crippen LogP contribution in [-0.4, -0.2) is 17.4 Å². The van der Waals surface area contributed by atoms with E-state index >= 15 is 0 Å². The van der Waals surface area contributed by atoms with Gasteiger partial charge in [0.15, 0.2) is 0 Å². The number of H-pyrrole nitrogens is 1. The largest absolute Gasteiger partial charge is 0.361 e. The van der Waals surface area contributed by atoms with Crippen LogP contribution in [0.4, 0.5) is 0 Å². The summed E-state index contributed by atoms with van der Waals surface area (Å²) in [4.78, 5) is 15.6. The first-order chi connectivity index (χ1) is 11.4. The molecule has 24 heavy (non-hydrogen) atoms. The molecule has 2 aromatic carbocycles. The highest BCUT2D eigenvalue weighted by molar-refractivity contribution is 6.31. The van der Waals surface area contributed by atoms with E-state index in [4.69, 9.17) is 11.6 Å². The van der Waals surface area contributed by atoms with Crippen molar-refractivity contribution in [3.63, 3.8) is 0 Å². The summed E-state index contributed by atoms with van der Waals surface area (Å²) in [5.74, 6) is -0.0547. The van der Waals surface area contributed by atoms with Crippen molar-refractivity contribution in [2.75, 3.05) is 6.54 Å². The number of aromatic amines is 1. The molecular formula is C20H21ClN2O. The summed E-state index contributed by atoms with van der Waals surface area (Å²) in [6, 6.07) is 13.4. The number of nitrogens with one attached hydrogen (secondary N) is 2. The number of aryl methyl sites for hydroxylation is 1. The maximum atomic E-state index is 12.3. The predicted molar refractivity (Wildman–Crippen MR) is 99.8 cm³/mol. The minimum atomic E-state index is -0.219. The molecule has 0 aliphatic carbocycles. The van der Waals surface area contributed by atoms with E-state index in [1.807, 2.05) is 55.6 Å². The molecule has 0 aliphatic heterocycles. The maximum absolute atomic E-state index is 12.3. The molecule has 0 saturated heterocycles. The van der Waals surface area contributed by atoms with Crippen molar-refractivity contribution < 1.29 is 4.79 Å². The van der Waals surface area contributed by atoms with Crippen LogP contribution in [0.2, 0.25) is 5.02 Å². The Kier molecular flexibility index (Phi) is 4.37. The van der Waals surface area contributed by atoms with Crippen LogP contribution >= 0.6 is 11.6 Å². The molecule has 0 saturated carbocycles. The van der Waals surface area contributed by atoms with Gasteiger partial charge in [0.25, 0.3) is 5.91 Å². The van der Waals surface area contributed by atoms with Crippen molar-refractivity contribution in [3.05, 3.63) is 70.4 Å². The van der Waals surface area contributed by atoms with Crippen molar-refractivity contribution in [3.8, 4) is 0 Å². The van der Waals surface area contributed by atoms with E-state index in [0.717, 1.165) is 22.0 Å². The number of hydrogen-bond acceptors (Lipinski definition) is 1. The molecule has 2 N–H and O–H groups in total. The zero-order valence-electron chi connectivity index (χ0n) is 14.1. The van der Waals surface area contributed by atoms with Gasteiger partial charge in [0.05, 0.1) is 0 Å². The van der Waals surface area contributed by atoms with Gasteiger partial charge >= 0.3 is 0 Å². The third kappa shape index (κ3) is 3.31. The summed E-state index contributed by atoms with van der Waals surface area (Å²) >= 11 is 6.13. The number of benzene rings is 2. The van der Waals surface area contributed by atoms with Crippen LogP contribution in [0.25, 0.3) is 10.9 Å². The summed E-state index contributed by atoms with van der Waals surface area (Å²) in [5.41, 5.74) is 3.79. The van der Waals surface area contributed by atoms with E-state index in [9.17, 15) is 4.79 Å². The van der Waals surface area contributed by atoms with Crippen LogP contribution in [0.15, 0.2) is 48.7 Å². The fourth-order valence-electron chi connectivity index (χ4n) is 2.86. The number of aromatic nitrogens is 1. The Labute approximate surface area is 147 Å². The number of carbonyl (C=O) groups is 1. The minimum Gasteiger partial charge on any atom is -0.361 e. The molecule has 0 bridgehead atoms. The second-order valence-corrected chi connectivity index (χ2v) is 7.26. The summed E-state index contributed by atoms with van der Waals surface area (Å²) in [7, 11) is 0. The number of amides is 1. The second-order valence-electron chi connectivity index (χ2n) is 6.82. The molecule has 0 spiro atoms. The Balaban J connectivity index is 1.78. The molecule has 3 nitrogen and oxygen atoms in total. The fraction of sp³-hybridized carbons (Fsp3) is 0.250. The third-order valence-corrected chi connectivity index (χ3v) is 4.61. The maximum Gasteiger partial charge on any atom is 0.251 e. The van der Waals surface area contributed by atoms with Crippen LogP contribution in [0.3, 0.4) is 0 Å². The Bertz CT molecular complexity index is 878. The van der Waals surface area contributed by atoms with Gasteiger partial charge in [-0.05, 0) is 42.8 Å². The molecule has 0 radical (unpaired) electrons. The number of hydrogen-bond donors (Lipinski definition) is 2. The highest BCUT2D eigenvalue weighted by atomic mass is 35.5. The summed E-state index contributed by atoms with van der Waals surface area (Å²) in [5, 5.41) is 4.85. The highest BCUT2D eigenvalue weighted by Crippen LogP contribution is 2.31. The molecule has 3 aromatic rings. The van der Waals surface area contributed by atoms with Crippen LogP contribution in [-0.2, 0) is 5.41 Å². The van der Waals surface area contributed by atoms with Gasteiger partial charge < -0.3 is 10.3 Å². The Hall–Kier alpha value is -2.26. The molecule has 0 unspecified atom stereocenters. The van der Waals surface area contributed by atoms with Crippen molar-refractivity contribution in [2.24, 2.45) is 0 Å². The van der Waals surface area contributed by atoms with Gasteiger partial charge in [-0.15, -0.1) is 0 Å². The second kappa shape index (κ2) is 6.33. The van der Waals surface area contributed by atoms with Crippen molar-refractivity contribution in [2.45, 2.75) is 26.2 Å². The number of halogens is 1. The summed E-state index contributed by atoms with van der Waals surface area (Å²) in [6.45, 7) is 6.78. The molecule has 0 atom stereocenters. The lowest BCUT2D eigenvalue weighted by Crippen LogP contribution is -2.36. The molecule has 0 aliphatic rings. The highest BCUT2D eigenvalue weighted by Gasteiger charge is 2.25. The zero-order valence-corrected chi connectivity index (χ0v) is 14.9. The average Bonchev–Trinajstić information content (AvgIpc) is 2.97. The number of fused-ring (bicyclic) bond motifs is 1. The summed E-state index contributed by atoms with van der Waals surface area (Å²) < 4.78 is 0. The molecule has 124 valence electrons. The van der Waals surface area contributed by atoms with Crippen molar-refractivity contribution in [1.82, 2.24) is 10.3 Å². The van der Waals surface area contributed by atoms with E-state index in [1.54, 1.807) is 0 Å². The topological polar surface area (TPSA) is 44.9 Å².